The fourth-order valence-electron chi connectivity index (χ4n) is 3.26. The molecule has 9 nitrogen and oxygen atoms in total. The Morgan fingerprint density at radius 3 is 2.29 bits per heavy atom. The lowest BCUT2D eigenvalue weighted by atomic mass is 10.2. The smallest absolute Gasteiger partial charge is 0.213 e. The normalized spacial score (nSPS) is 10.9. The number of fused-ring (bicyclic) bond motifs is 1. The molecule has 0 atom stereocenters. The van der Waals surface area contributed by atoms with Crippen LogP contribution >= 0.6 is 0 Å². The molecular formula is C22H24N6O3. The van der Waals surface area contributed by atoms with Gasteiger partial charge < -0.3 is 19.1 Å². The molecule has 160 valence electrons. The van der Waals surface area contributed by atoms with Crippen molar-refractivity contribution in [1.29, 1.82) is 0 Å². The van der Waals surface area contributed by atoms with E-state index in [0.29, 0.717) is 58.3 Å². The van der Waals surface area contributed by atoms with Crippen LogP contribution in [-0.4, -0.2) is 59.4 Å². The van der Waals surface area contributed by atoms with Crippen LogP contribution in [-0.2, 0) is 0 Å². The van der Waals surface area contributed by atoms with Gasteiger partial charge in [-0.1, -0.05) is 12.1 Å². The molecule has 0 unspecified atom stereocenters. The van der Waals surface area contributed by atoms with Crippen molar-refractivity contribution in [2.45, 2.75) is 6.92 Å². The van der Waals surface area contributed by atoms with Gasteiger partial charge in [0.15, 0.2) is 17.1 Å². The molecule has 9 heteroatoms. The summed E-state index contributed by atoms with van der Waals surface area (Å²) in [6, 6.07) is 11.1. The number of imidazole rings is 1. The van der Waals surface area contributed by atoms with Gasteiger partial charge in [-0.05, 0) is 25.1 Å². The molecule has 0 aliphatic heterocycles. The Hall–Kier alpha value is -3.88. The molecule has 0 spiro atoms. The van der Waals surface area contributed by atoms with Crippen molar-refractivity contribution in [1.82, 2.24) is 24.5 Å². The number of hydrogen-bond acceptors (Lipinski definition) is 8. The number of benzene rings is 1. The first-order valence-corrected chi connectivity index (χ1v) is 9.81. The van der Waals surface area contributed by atoms with E-state index < -0.39 is 0 Å². The Kier molecular flexibility index (Phi) is 5.57. The van der Waals surface area contributed by atoms with Crippen molar-refractivity contribution in [3.63, 3.8) is 0 Å². The summed E-state index contributed by atoms with van der Waals surface area (Å²) in [5.74, 6) is 2.98. The topological polar surface area (TPSA) is 87.4 Å². The Bertz CT molecular complexity index is 1200. The van der Waals surface area contributed by atoms with E-state index in [9.17, 15) is 0 Å². The minimum atomic E-state index is 0.483. The monoisotopic (exact) mass is 420 g/mol. The lowest BCUT2D eigenvalue weighted by Gasteiger charge is -2.17. The number of ether oxygens (including phenoxy) is 3. The van der Waals surface area contributed by atoms with Gasteiger partial charge in [-0.25, -0.2) is 19.9 Å². The first-order valence-electron chi connectivity index (χ1n) is 9.81. The molecule has 0 bridgehead atoms. The third kappa shape index (κ3) is 3.70. The third-order valence-electron chi connectivity index (χ3n) is 4.69. The number of hydrogen-bond donors (Lipinski definition) is 0. The largest absolute Gasteiger partial charge is 0.494 e. The van der Waals surface area contributed by atoms with Crippen molar-refractivity contribution in [3.05, 3.63) is 42.6 Å². The number of methoxy groups -OCH3 is 2. The summed E-state index contributed by atoms with van der Waals surface area (Å²) in [4.78, 5) is 20.6. The maximum Gasteiger partial charge on any atom is 0.213 e. The van der Waals surface area contributed by atoms with E-state index >= 15 is 0 Å². The molecule has 3 aromatic heterocycles. The van der Waals surface area contributed by atoms with Crippen LogP contribution in [0.4, 0.5) is 5.82 Å². The van der Waals surface area contributed by atoms with Crippen LogP contribution in [0.25, 0.3) is 28.5 Å². The molecule has 0 N–H and O–H groups in total. The molecule has 0 saturated carbocycles. The van der Waals surface area contributed by atoms with Crippen molar-refractivity contribution < 1.29 is 14.2 Å². The van der Waals surface area contributed by atoms with Gasteiger partial charge in [-0.2, -0.15) is 0 Å². The Morgan fingerprint density at radius 1 is 0.935 bits per heavy atom. The maximum atomic E-state index is 5.66. The van der Waals surface area contributed by atoms with Gasteiger partial charge >= 0.3 is 0 Å². The standard InChI is InChI=1S/C22H24N6O3/c1-6-31-18-12-7-9-14(24-18)21-26-20-22(25-17(13-23-20)27(2)3)28(21)19-15(29-4)10-8-11-16(19)30-5/h7-13H,6H2,1-5H3. The molecule has 4 rings (SSSR count). The lowest BCUT2D eigenvalue weighted by molar-refractivity contribution is 0.327. The molecule has 4 aromatic rings. The van der Waals surface area contributed by atoms with Gasteiger partial charge in [0, 0.05) is 20.2 Å². The summed E-state index contributed by atoms with van der Waals surface area (Å²) in [6.07, 6.45) is 1.69. The lowest BCUT2D eigenvalue weighted by Crippen LogP contribution is -2.12. The second-order valence-electron chi connectivity index (χ2n) is 6.85. The zero-order chi connectivity index (χ0) is 22.0. The van der Waals surface area contributed by atoms with E-state index in [2.05, 4.69) is 9.97 Å². The summed E-state index contributed by atoms with van der Waals surface area (Å²) in [5.41, 5.74) is 2.33. The SMILES string of the molecule is CCOc1cccc(-c2nc3ncc(N(C)C)nc3n2-c2c(OC)cccc2OC)n1. The molecule has 0 saturated heterocycles. The van der Waals surface area contributed by atoms with Crippen LogP contribution < -0.4 is 19.1 Å². The van der Waals surface area contributed by atoms with Crippen molar-refractivity contribution >= 4 is 17.1 Å². The van der Waals surface area contributed by atoms with E-state index in [-0.39, 0.29) is 0 Å². The Morgan fingerprint density at radius 2 is 1.65 bits per heavy atom. The minimum absolute atomic E-state index is 0.483. The van der Waals surface area contributed by atoms with Gasteiger partial charge in [-0.3, -0.25) is 4.57 Å². The van der Waals surface area contributed by atoms with Crippen molar-refractivity contribution in [3.8, 4) is 34.6 Å². The highest BCUT2D eigenvalue weighted by molar-refractivity contribution is 5.80. The number of anilines is 1. The van der Waals surface area contributed by atoms with E-state index in [1.54, 1.807) is 20.4 Å². The highest BCUT2D eigenvalue weighted by Gasteiger charge is 2.24. The Labute approximate surface area is 180 Å². The van der Waals surface area contributed by atoms with Crippen LogP contribution in [0.3, 0.4) is 0 Å². The summed E-state index contributed by atoms with van der Waals surface area (Å²) in [7, 11) is 7.05. The van der Waals surface area contributed by atoms with Crippen LogP contribution in [0, 0.1) is 0 Å². The summed E-state index contributed by atoms with van der Waals surface area (Å²) in [6.45, 7) is 2.43. The zero-order valence-electron chi connectivity index (χ0n) is 18.2. The molecule has 0 aliphatic carbocycles. The summed E-state index contributed by atoms with van der Waals surface area (Å²) in [5, 5.41) is 0. The van der Waals surface area contributed by atoms with E-state index in [4.69, 9.17) is 24.2 Å². The highest BCUT2D eigenvalue weighted by atomic mass is 16.5. The fourth-order valence-corrected chi connectivity index (χ4v) is 3.26. The summed E-state index contributed by atoms with van der Waals surface area (Å²) < 4.78 is 18.8. The average Bonchev–Trinajstić information content (AvgIpc) is 3.17. The second-order valence-corrected chi connectivity index (χ2v) is 6.85. The number of nitrogens with zero attached hydrogens (tertiary/aromatic N) is 6. The van der Waals surface area contributed by atoms with Crippen molar-refractivity contribution in [2.24, 2.45) is 0 Å². The van der Waals surface area contributed by atoms with Gasteiger partial charge in [0.25, 0.3) is 0 Å². The molecule has 0 aliphatic rings. The van der Waals surface area contributed by atoms with Gasteiger partial charge in [0.2, 0.25) is 5.88 Å². The van der Waals surface area contributed by atoms with Crippen LogP contribution in [0.5, 0.6) is 17.4 Å². The molecule has 0 radical (unpaired) electrons. The predicted octanol–water partition coefficient (Wildman–Crippen LogP) is 3.36. The van der Waals surface area contributed by atoms with Gasteiger partial charge in [0.05, 0.1) is 27.0 Å². The molecule has 1 aromatic carbocycles. The fraction of sp³-hybridized carbons (Fsp3) is 0.273. The first kappa shape index (κ1) is 20.4. The molecule has 3 heterocycles. The zero-order valence-corrected chi connectivity index (χ0v) is 18.2. The van der Waals surface area contributed by atoms with Crippen molar-refractivity contribution in [2.75, 3.05) is 39.8 Å². The molecule has 31 heavy (non-hydrogen) atoms. The quantitative estimate of drug-likeness (QED) is 0.450. The number of aromatic nitrogens is 5. The molecular weight excluding hydrogens is 396 g/mol. The summed E-state index contributed by atoms with van der Waals surface area (Å²) >= 11 is 0. The van der Waals surface area contributed by atoms with Gasteiger partial charge in [0.1, 0.15) is 28.7 Å². The number of para-hydroxylation sites is 1. The second kappa shape index (κ2) is 8.47. The van der Waals surface area contributed by atoms with E-state index in [1.807, 2.05) is 66.9 Å². The average molecular weight is 420 g/mol. The molecule has 0 amide bonds. The van der Waals surface area contributed by atoms with Gasteiger partial charge in [-0.15, -0.1) is 0 Å². The van der Waals surface area contributed by atoms with E-state index in [0.717, 1.165) is 0 Å². The maximum absolute atomic E-state index is 5.66. The number of rotatable bonds is 7. The third-order valence-corrected chi connectivity index (χ3v) is 4.69. The predicted molar refractivity (Wildman–Crippen MR) is 118 cm³/mol. The van der Waals surface area contributed by atoms with Crippen LogP contribution in [0.15, 0.2) is 42.6 Å². The first-order chi connectivity index (χ1) is 15.1. The van der Waals surface area contributed by atoms with Crippen LogP contribution in [0.2, 0.25) is 0 Å². The minimum Gasteiger partial charge on any atom is -0.494 e. The number of pyridine rings is 1. The molecule has 0 fully saturated rings. The van der Waals surface area contributed by atoms with Crippen LogP contribution in [0.1, 0.15) is 6.92 Å². The van der Waals surface area contributed by atoms with E-state index in [1.165, 1.54) is 0 Å². The Balaban J connectivity index is 2.08. The highest BCUT2D eigenvalue weighted by Crippen LogP contribution is 2.38.